The molecule has 0 N–H and O–H groups in total. The van der Waals surface area contributed by atoms with Crippen molar-refractivity contribution in [2.24, 2.45) is 0 Å². The smallest absolute Gasteiger partial charge is 0.143 e. The van der Waals surface area contributed by atoms with E-state index in [-0.39, 0.29) is 0 Å². The molecule has 0 atom stereocenters. The van der Waals surface area contributed by atoms with E-state index in [1.165, 1.54) is 21.8 Å². The van der Waals surface area contributed by atoms with Crippen molar-refractivity contribution in [3.8, 4) is 112 Å². The van der Waals surface area contributed by atoms with E-state index in [0.29, 0.717) is 0 Å². The number of para-hydroxylation sites is 5. The molecule has 6 nitrogen and oxygen atoms in total. The fraction of sp³-hybridized carbons (Fsp3) is 0. The Morgan fingerprint density at radius 2 is 0.476 bits per heavy atom. The Balaban J connectivity index is 0.568. The lowest BCUT2D eigenvalue weighted by Gasteiger charge is -2.27. The van der Waals surface area contributed by atoms with Crippen molar-refractivity contribution in [3.05, 3.63) is 473 Å². The summed E-state index contributed by atoms with van der Waals surface area (Å²) in [6.45, 7) is 0. The van der Waals surface area contributed by atoms with E-state index in [4.69, 9.17) is 8.83 Å². The minimum Gasteiger partial charge on any atom is -0.455 e. The maximum absolute atomic E-state index is 7.54. The van der Waals surface area contributed by atoms with Crippen LogP contribution in [0.4, 0.5) is 34.1 Å². The van der Waals surface area contributed by atoms with Gasteiger partial charge in [0.25, 0.3) is 0 Å². The molecule has 0 radical (unpaired) electrons. The predicted molar refractivity (Wildman–Crippen MR) is 528 cm³/mol. The third-order valence-electron chi connectivity index (χ3n) is 25.4. The van der Waals surface area contributed by atoms with E-state index in [9.17, 15) is 0 Å². The number of hydrogen-bond donors (Lipinski definition) is 0. The number of fused-ring (bicyclic) bond motifs is 12. The molecular weight excluding hydrogens is 1530 g/mol. The number of aromatic nitrogens is 2. The van der Waals surface area contributed by atoms with Crippen LogP contribution in [0.3, 0.4) is 0 Å². The van der Waals surface area contributed by atoms with Crippen molar-refractivity contribution in [2.75, 3.05) is 9.80 Å². The normalized spacial score (nSPS) is 11.7. The summed E-state index contributed by atoms with van der Waals surface area (Å²) in [5, 5.41) is 9.14. The molecule has 0 saturated heterocycles. The van der Waals surface area contributed by atoms with Crippen molar-refractivity contribution in [3.63, 3.8) is 0 Å². The third-order valence-corrected chi connectivity index (χ3v) is 25.4. The summed E-state index contributed by atoms with van der Waals surface area (Å²) in [4.78, 5) is 4.76. The number of benzene rings is 20. The molecule has 126 heavy (non-hydrogen) atoms. The highest BCUT2D eigenvalue weighted by Gasteiger charge is 2.26. The summed E-state index contributed by atoms with van der Waals surface area (Å²) in [5.41, 5.74) is 36.5. The minimum absolute atomic E-state index is 0.840. The molecule has 0 saturated carbocycles. The number of furan rings is 2. The van der Waals surface area contributed by atoms with Crippen molar-refractivity contribution >= 4 is 122 Å². The molecule has 20 aromatic carbocycles. The Hall–Kier alpha value is -16.8. The number of nitrogens with zero attached hydrogens (tertiary/aromatic N) is 4. The lowest BCUT2D eigenvalue weighted by molar-refractivity contribution is 0.670. The van der Waals surface area contributed by atoms with Gasteiger partial charge in [-0.15, -0.1) is 0 Å². The topological polar surface area (TPSA) is 42.6 Å². The molecule has 24 rings (SSSR count). The third kappa shape index (κ3) is 12.6. The first-order valence-electron chi connectivity index (χ1n) is 43.1. The maximum atomic E-state index is 7.54. The van der Waals surface area contributed by atoms with Crippen LogP contribution >= 0.6 is 0 Å². The van der Waals surface area contributed by atoms with E-state index in [0.717, 1.165) is 211 Å². The molecule has 0 spiro atoms. The first kappa shape index (κ1) is 73.1. The zero-order valence-electron chi connectivity index (χ0n) is 68.6. The monoisotopic (exact) mass is 1610 g/mol. The standard InChI is InChI=1S/C120H78N4O2/c1-5-26-79(27-6-1)88-34-21-37-96(76-88)121(91-62-52-81(53-63-91)83-56-66-94(67-57-83)123-110-47-17-13-40-103(110)104-41-14-18-48-111(104)123)92-70-60-87(61-71-92)99-72-74-102(86-32-11-4-12-33-86)120-117(99)109-46-24-45-106(118(109)126-120)105-44-25-50-113-115(105)107-42-15-19-49-112(107)124(113)95-68-58-84(59-69-95)82-54-64-93(65-55-82)122(97-38-22-35-89(77-97)80-28-7-2-8-29-80)98-39-23-36-90(78-98)100-73-75-101(85-30-9-3-10-31-85)119-116(100)108-43-16-20-51-114(108)125-119/h1-78H. The SMILES string of the molecule is c1ccc(-c2cccc(N(c3ccc(-c4ccc(-n5c6ccccc6c6ccccc65)cc4)cc3)c3ccc(-c4ccc(-c5ccccc5)c5oc6c(-c7cccc8c7c7ccccc7n8-c7ccc(-c8ccc(N(c9cccc(-c%10ccccc%10)c9)c9cccc(-c%10ccc(-c%11ccccc%11)c%11oc%12ccccc%12c%10%11)c9)cc8)cc7)cccc6c45)cc3)c2)cc1. The second-order valence-corrected chi connectivity index (χ2v) is 32.6. The average molecular weight is 1610 g/mol. The van der Waals surface area contributed by atoms with Crippen LogP contribution in [0.25, 0.3) is 199 Å². The van der Waals surface area contributed by atoms with Gasteiger partial charge in [-0.05, 0) is 223 Å². The summed E-state index contributed by atoms with van der Waals surface area (Å²) in [6.07, 6.45) is 0. The van der Waals surface area contributed by atoms with E-state index in [1.54, 1.807) is 0 Å². The number of hydrogen-bond acceptors (Lipinski definition) is 4. The molecule has 24 aromatic rings. The van der Waals surface area contributed by atoms with Gasteiger partial charge in [0, 0.05) is 105 Å². The second kappa shape index (κ2) is 30.7. The average Bonchev–Trinajstić information content (AvgIpc) is 1.56. The molecular formula is C120H78N4O2. The zero-order chi connectivity index (χ0) is 83.1. The molecule has 0 amide bonds. The van der Waals surface area contributed by atoms with E-state index >= 15 is 0 Å². The van der Waals surface area contributed by atoms with Gasteiger partial charge < -0.3 is 27.8 Å². The fourth-order valence-corrected chi connectivity index (χ4v) is 19.5. The zero-order valence-corrected chi connectivity index (χ0v) is 68.6. The largest absolute Gasteiger partial charge is 0.455 e. The van der Waals surface area contributed by atoms with E-state index < -0.39 is 0 Å². The first-order valence-corrected chi connectivity index (χ1v) is 43.1. The predicted octanol–water partition coefficient (Wildman–Crippen LogP) is 33.6. The summed E-state index contributed by atoms with van der Waals surface area (Å²) < 4.78 is 19.1. The quantitative estimate of drug-likeness (QED) is 0.0911. The van der Waals surface area contributed by atoms with E-state index in [1.807, 2.05) is 6.07 Å². The van der Waals surface area contributed by atoms with Crippen molar-refractivity contribution in [1.29, 1.82) is 0 Å². The van der Waals surface area contributed by atoms with Crippen molar-refractivity contribution in [1.82, 2.24) is 9.13 Å². The number of rotatable bonds is 17. The Morgan fingerprint density at radius 1 is 0.159 bits per heavy atom. The van der Waals surface area contributed by atoms with Gasteiger partial charge in [-0.1, -0.05) is 334 Å². The molecule has 6 heteroatoms. The van der Waals surface area contributed by atoms with Crippen LogP contribution in [0.5, 0.6) is 0 Å². The minimum atomic E-state index is 0.840. The summed E-state index contributed by atoms with van der Waals surface area (Å²) in [5.74, 6) is 0. The van der Waals surface area contributed by atoms with Gasteiger partial charge >= 0.3 is 0 Å². The van der Waals surface area contributed by atoms with Gasteiger partial charge in [0.05, 0.1) is 22.1 Å². The number of anilines is 6. The summed E-state index contributed by atoms with van der Waals surface area (Å²) >= 11 is 0. The highest BCUT2D eigenvalue weighted by Crippen LogP contribution is 2.51. The Bertz CT molecular complexity index is 8220. The lowest BCUT2D eigenvalue weighted by atomic mass is 9.93. The maximum Gasteiger partial charge on any atom is 0.143 e. The fourth-order valence-electron chi connectivity index (χ4n) is 19.5. The van der Waals surface area contributed by atoms with Crippen molar-refractivity contribution in [2.45, 2.75) is 0 Å². The van der Waals surface area contributed by atoms with Crippen LogP contribution in [0.2, 0.25) is 0 Å². The van der Waals surface area contributed by atoms with Crippen LogP contribution in [0, 0.1) is 0 Å². The van der Waals surface area contributed by atoms with Gasteiger partial charge in [-0.3, -0.25) is 0 Å². The van der Waals surface area contributed by atoms with Gasteiger partial charge in [-0.25, -0.2) is 0 Å². The summed E-state index contributed by atoms with van der Waals surface area (Å²) in [6, 6.07) is 171. The molecule has 590 valence electrons. The second-order valence-electron chi connectivity index (χ2n) is 32.6. The molecule has 0 bridgehead atoms. The highest BCUT2D eigenvalue weighted by atomic mass is 16.3. The van der Waals surface area contributed by atoms with E-state index in [2.05, 4.69) is 486 Å². The van der Waals surface area contributed by atoms with Gasteiger partial charge in [0.1, 0.15) is 22.3 Å². The van der Waals surface area contributed by atoms with Crippen LogP contribution < -0.4 is 9.80 Å². The molecule has 4 aromatic heterocycles. The lowest BCUT2D eigenvalue weighted by Crippen LogP contribution is -2.10. The summed E-state index contributed by atoms with van der Waals surface area (Å²) in [7, 11) is 0. The van der Waals surface area contributed by atoms with Crippen molar-refractivity contribution < 1.29 is 8.83 Å². The van der Waals surface area contributed by atoms with Crippen LogP contribution in [0.15, 0.2) is 482 Å². The van der Waals surface area contributed by atoms with Gasteiger partial charge in [0.15, 0.2) is 0 Å². The Labute approximate surface area is 729 Å². The van der Waals surface area contributed by atoms with Crippen LogP contribution in [0.1, 0.15) is 0 Å². The van der Waals surface area contributed by atoms with Crippen LogP contribution in [-0.4, -0.2) is 9.13 Å². The highest BCUT2D eigenvalue weighted by molar-refractivity contribution is 6.23. The Morgan fingerprint density at radius 3 is 0.992 bits per heavy atom. The van der Waals surface area contributed by atoms with Crippen LogP contribution in [-0.2, 0) is 0 Å². The molecule has 0 fully saturated rings. The van der Waals surface area contributed by atoms with Gasteiger partial charge in [0.2, 0.25) is 0 Å². The van der Waals surface area contributed by atoms with Gasteiger partial charge in [-0.2, -0.15) is 0 Å². The first-order chi connectivity index (χ1) is 62.5. The Kier molecular flexibility index (Phi) is 17.8. The molecule has 0 aliphatic heterocycles. The molecule has 0 aliphatic carbocycles. The molecule has 0 aliphatic rings. The molecule has 4 heterocycles. The molecule has 0 unspecified atom stereocenters.